The molecule has 1 aliphatic carbocycles. The van der Waals surface area contributed by atoms with E-state index in [1.165, 1.54) is 0 Å². The Hall–Kier alpha value is -0.200. The van der Waals surface area contributed by atoms with Crippen LogP contribution in [-0.4, -0.2) is 56.1 Å². The molecule has 5 nitrogen and oxygen atoms in total. The van der Waals surface area contributed by atoms with E-state index in [0.29, 0.717) is 0 Å². The van der Waals surface area contributed by atoms with Crippen molar-refractivity contribution < 1.29 is 25.5 Å². The second kappa shape index (κ2) is 3.04. The molecular weight excluding hydrogens is 152 g/mol. The Morgan fingerprint density at radius 1 is 0.636 bits per heavy atom. The fraction of sp³-hybridized carbons (Fsp3) is 1.00. The van der Waals surface area contributed by atoms with Gasteiger partial charge in [0.25, 0.3) is 0 Å². The topological polar surface area (TPSA) is 101 Å². The first-order valence-corrected chi connectivity index (χ1v) is 3.44. The summed E-state index contributed by atoms with van der Waals surface area (Å²) in [5.41, 5.74) is 0. The van der Waals surface area contributed by atoms with E-state index >= 15 is 0 Å². The lowest BCUT2D eigenvalue weighted by atomic mass is 9.87. The molecular formula is C6H12O5. The van der Waals surface area contributed by atoms with Gasteiger partial charge >= 0.3 is 0 Å². The zero-order valence-corrected chi connectivity index (χ0v) is 5.83. The Kier molecular flexibility index (Phi) is 2.46. The van der Waals surface area contributed by atoms with Crippen LogP contribution in [0.15, 0.2) is 0 Å². The first-order valence-electron chi connectivity index (χ1n) is 3.44. The molecule has 5 N–H and O–H groups in total. The van der Waals surface area contributed by atoms with Gasteiger partial charge in [0.2, 0.25) is 0 Å². The molecule has 5 heteroatoms. The first kappa shape index (κ1) is 8.89. The van der Waals surface area contributed by atoms with Crippen LogP contribution in [0.1, 0.15) is 6.42 Å². The molecule has 11 heavy (non-hydrogen) atoms. The van der Waals surface area contributed by atoms with Crippen molar-refractivity contribution in [2.75, 3.05) is 0 Å². The van der Waals surface area contributed by atoms with Crippen molar-refractivity contribution in [1.82, 2.24) is 0 Å². The summed E-state index contributed by atoms with van der Waals surface area (Å²) >= 11 is 0. The van der Waals surface area contributed by atoms with E-state index < -0.39 is 30.5 Å². The lowest BCUT2D eigenvalue weighted by Crippen LogP contribution is -2.55. The molecule has 0 radical (unpaired) electrons. The van der Waals surface area contributed by atoms with Crippen molar-refractivity contribution >= 4 is 0 Å². The molecule has 1 saturated carbocycles. The number of aliphatic hydroxyl groups is 5. The van der Waals surface area contributed by atoms with Crippen LogP contribution in [0.25, 0.3) is 0 Å². The number of hydrogen-bond donors (Lipinski definition) is 5. The molecule has 0 aromatic carbocycles. The molecule has 0 amide bonds. The van der Waals surface area contributed by atoms with E-state index in [9.17, 15) is 0 Å². The zero-order chi connectivity index (χ0) is 8.59. The third-order valence-electron chi connectivity index (χ3n) is 1.97. The molecule has 1 aliphatic rings. The van der Waals surface area contributed by atoms with E-state index in [4.69, 9.17) is 25.5 Å². The molecule has 0 bridgehead atoms. The van der Waals surface area contributed by atoms with Crippen LogP contribution in [0.3, 0.4) is 0 Å². The Labute approximate surface area is 63.5 Å². The van der Waals surface area contributed by atoms with Gasteiger partial charge in [0.1, 0.15) is 18.3 Å². The Morgan fingerprint density at radius 2 is 1.00 bits per heavy atom. The van der Waals surface area contributed by atoms with E-state index in [0.717, 1.165) is 0 Å². The summed E-state index contributed by atoms with van der Waals surface area (Å²) in [4.78, 5) is 0. The maximum absolute atomic E-state index is 8.97. The van der Waals surface area contributed by atoms with Gasteiger partial charge in [0.05, 0.1) is 12.2 Å². The minimum atomic E-state index is -1.46. The summed E-state index contributed by atoms with van der Waals surface area (Å²) in [6.45, 7) is 0. The Balaban J connectivity index is 2.63. The number of aliphatic hydroxyl groups excluding tert-OH is 5. The van der Waals surface area contributed by atoms with Gasteiger partial charge in [-0.3, -0.25) is 0 Å². The second-order valence-corrected chi connectivity index (χ2v) is 2.84. The first-order chi connectivity index (χ1) is 5.04. The predicted molar refractivity (Wildman–Crippen MR) is 34.7 cm³/mol. The van der Waals surface area contributed by atoms with Crippen LogP contribution in [0.5, 0.6) is 0 Å². The van der Waals surface area contributed by atoms with Crippen molar-refractivity contribution in [2.45, 2.75) is 36.9 Å². The Bertz CT molecular complexity index is 125. The molecule has 0 aliphatic heterocycles. The molecule has 1 fully saturated rings. The summed E-state index contributed by atoms with van der Waals surface area (Å²) in [6.07, 6.45) is -6.64. The van der Waals surface area contributed by atoms with Crippen molar-refractivity contribution in [2.24, 2.45) is 0 Å². The summed E-state index contributed by atoms with van der Waals surface area (Å²) in [7, 11) is 0. The van der Waals surface area contributed by atoms with Crippen molar-refractivity contribution in [3.8, 4) is 0 Å². The van der Waals surface area contributed by atoms with Gasteiger partial charge in [0, 0.05) is 6.42 Å². The minimum Gasteiger partial charge on any atom is -0.390 e. The highest BCUT2D eigenvalue weighted by Gasteiger charge is 2.40. The predicted octanol–water partition coefficient (Wildman–Crippen LogP) is -2.81. The summed E-state index contributed by atoms with van der Waals surface area (Å²) < 4.78 is 0. The smallest absolute Gasteiger partial charge is 0.111 e. The fourth-order valence-corrected chi connectivity index (χ4v) is 1.18. The molecule has 5 atom stereocenters. The molecule has 0 heterocycles. The third-order valence-corrected chi connectivity index (χ3v) is 1.97. The lowest BCUT2D eigenvalue weighted by molar-refractivity contribution is -0.176. The van der Waals surface area contributed by atoms with Crippen molar-refractivity contribution in [1.29, 1.82) is 0 Å². The van der Waals surface area contributed by atoms with Gasteiger partial charge < -0.3 is 25.5 Å². The quantitative estimate of drug-likeness (QED) is 0.266. The van der Waals surface area contributed by atoms with E-state index in [2.05, 4.69) is 0 Å². The SMILES string of the molecule is OC1[C@@H](O)[C@@H](O)C[C@@H](O)[C@H]1O. The normalized spacial score (nSPS) is 52.6. The molecule has 1 unspecified atom stereocenters. The van der Waals surface area contributed by atoms with Crippen LogP contribution in [-0.2, 0) is 0 Å². The number of hydrogen-bond acceptors (Lipinski definition) is 5. The lowest BCUT2D eigenvalue weighted by Gasteiger charge is -2.35. The Morgan fingerprint density at radius 3 is 1.36 bits per heavy atom. The van der Waals surface area contributed by atoms with Crippen LogP contribution >= 0.6 is 0 Å². The average molecular weight is 164 g/mol. The van der Waals surface area contributed by atoms with Gasteiger partial charge in [-0.1, -0.05) is 0 Å². The maximum Gasteiger partial charge on any atom is 0.111 e. The van der Waals surface area contributed by atoms with Crippen molar-refractivity contribution in [3.05, 3.63) is 0 Å². The largest absolute Gasteiger partial charge is 0.390 e. The highest BCUT2D eigenvalue weighted by Crippen LogP contribution is 2.20. The molecule has 0 saturated heterocycles. The van der Waals surface area contributed by atoms with Crippen LogP contribution in [0.4, 0.5) is 0 Å². The molecule has 0 aromatic rings. The molecule has 66 valence electrons. The highest BCUT2D eigenvalue weighted by atomic mass is 16.4. The van der Waals surface area contributed by atoms with Gasteiger partial charge in [-0.15, -0.1) is 0 Å². The van der Waals surface area contributed by atoms with Gasteiger partial charge in [-0.25, -0.2) is 0 Å². The standard InChI is InChI=1S/C6H12O5/c7-2-1-3(8)5(10)6(11)4(2)9/h2-11H,1H2/t2-,3+,4-,5+,6?. The highest BCUT2D eigenvalue weighted by molar-refractivity contribution is 4.92. The van der Waals surface area contributed by atoms with Crippen LogP contribution < -0.4 is 0 Å². The minimum absolute atomic E-state index is 0.112. The van der Waals surface area contributed by atoms with E-state index in [-0.39, 0.29) is 6.42 Å². The zero-order valence-electron chi connectivity index (χ0n) is 5.83. The van der Waals surface area contributed by atoms with Crippen LogP contribution in [0.2, 0.25) is 0 Å². The molecule has 1 rings (SSSR count). The average Bonchev–Trinajstić information content (AvgIpc) is 1.97. The maximum atomic E-state index is 8.97. The monoisotopic (exact) mass is 164 g/mol. The van der Waals surface area contributed by atoms with Gasteiger partial charge in [0.15, 0.2) is 0 Å². The summed E-state index contributed by atoms with van der Waals surface area (Å²) in [6, 6.07) is 0. The fourth-order valence-electron chi connectivity index (χ4n) is 1.18. The van der Waals surface area contributed by atoms with Crippen LogP contribution in [0, 0.1) is 0 Å². The van der Waals surface area contributed by atoms with Gasteiger partial charge in [-0.2, -0.15) is 0 Å². The number of rotatable bonds is 0. The second-order valence-electron chi connectivity index (χ2n) is 2.84. The van der Waals surface area contributed by atoms with Gasteiger partial charge in [-0.05, 0) is 0 Å². The molecule has 0 aromatic heterocycles. The van der Waals surface area contributed by atoms with Crippen molar-refractivity contribution in [3.63, 3.8) is 0 Å². The molecule has 0 spiro atoms. The third kappa shape index (κ3) is 1.52. The summed E-state index contributed by atoms with van der Waals surface area (Å²) in [5.74, 6) is 0. The van der Waals surface area contributed by atoms with E-state index in [1.54, 1.807) is 0 Å². The summed E-state index contributed by atoms with van der Waals surface area (Å²) in [5, 5.41) is 44.8. The van der Waals surface area contributed by atoms with E-state index in [1.807, 2.05) is 0 Å².